The van der Waals surface area contributed by atoms with E-state index in [0.29, 0.717) is 11.4 Å². The number of rotatable bonds is 1. The van der Waals surface area contributed by atoms with E-state index in [1.54, 1.807) is 24.3 Å². The summed E-state index contributed by atoms with van der Waals surface area (Å²) in [5.74, 6) is 0. The minimum atomic E-state index is 0. The molecule has 0 amide bonds. The van der Waals surface area contributed by atoms with Crippen LogP contribution in [0.2, 0.25) is 0 Å². The Morgan fingerprint density at radius 1 is 1.40 bits per heavy atom. The van der Waals surface area contributed by atoms with Crippen LogP contribution in [0.3, 0.4) is 0 Å². The fourth-order valence-electron chi connectivity index (χ4n) is 0.587. The maximum atomic E-state index is 8.23. The molecular weight excluding hydrogens is 205 g/mol. The zero-order chi connectivity index (χ0) is 6.69. The van der Waals surface area contributed by atoms with Crippen molar-refractivity contribution in [3.63, 3.8) is 0 Å². The topological polar surface area (TPSA) is 60.7 Å². The molecule has 3 nitrogen and oxygen atoms in total. The van der Waals surface area contributed by atoms with Crippen molar-refractivity contribution in [3.8, 4) is 0 Å². The molecule has 0 unspecified atom stereocenters. The first-order chi connectivity index (χ1) is 4.33. The molecule has 1 aromatic rings. The second-order valence-corrected chi connectivity index (χ2v) is 1.69. The number of nitrogens with zero attached hydrogens (tertiary/aromatic N) is 2. The first-order valence-electron chi connectivity index (χ1n) is 2.53. The summed E-state index contributed by atoms with van der Waals surface area (Å²) in [5.41, 5.74) is 14.7. The quantitative estimate of drug-likeness (QED) is 0.560. The molecule has 0 saturated heterocycles. The van der Waals surface area contributed by atoms with Gasteiger partial charge in [-0.3, -0.25) is 0 Å². The summed E-state index contributed by atoms with van der Waals surface area (Å²) in [6.45, 7) is 0. The van der Waals surface area contributed by atoms with Crippen LogP contribution in [0.1, 0.15) is 0 Å². The molecular formula is C6H6N3Zr-. The Balaban J connectivity index is 0.000000810. The van der Waals surface area contributed by atoms with Gasteiger partial charge in [0.2, 0.25) is 0 Å². The van der Waals surface area contributed by atoms with Crippen molar-refractivity contribution in [2.75, 3.05) is 5.73 Å². The van der Waals surface area contributed by atoms with Gasteiger partial charge in [0.05, 0.1) is 0 Å². The third kappa shape index (κ3) is 2.40. The number of hydrogen-bond acceptors (Lipinski definition) is 2. The molecule has 1 aromatic carbocycles. The molecule has 4 heteroatoms. The maximum absolute atomic E-state index is 8.23. The molecule has 0 fully saturated rings. The predicted molar refractivity (Wildman–Crippen MR) is 36.3 cm³/mol. The Labute approximate surface area is 78.3 Å². The van der Waals surface area contributed by atoms with Gasteiger partial charge in [-0.2, -0.15) is 0 Å². The van der Waals surface area contributed by atoms with Gasteiger partial charge in [0.15, 0.2) is 0 Å². The molecule has 0 radical (unpaired) electrons. The Bertz CT molecular complexity index is 224. The van der Waals surface area contributed by atoms with E-state index in [0.717, 1.165) is 0 Å². The van der Waals surface area contributed by atoms with E-state index in [9.17, 15) is 0 Å². The number of anilines is 1. The average molecular weight is 211 g/mol. The molecule has 10 heavy (non-hydrogen) atoms. The first kappa shape index (κ1) is 9.50. The van der Waals surface area contributed by atoms with Crippen LogP contribution in [0.5, 0.6) is 0 Å². The van der Waals surface area contributed by atoms with Crippen molar-refractivity contribution in [2.24, 2.45) is 5.11 Å². The van der Waals surface area contributed by atoms with Crippen molar-refractivity contribution in [1.82, 2.24) is 0 Å². The third-order valence-corrected chi connectivity index (χ3v) is 0.986. The predicted octanol–water partition coefficient (Wildman–Crippen LogP) is 1.92. The van der Waals surface area contributed by atoms with Gasteiger partial charge in [-0.05, 0) is 18.2 Å². The van der Waals surface area contributed by atoms with Crippen molar-refractivity contribution in [1.29, 1.82) is 0 Å². The second kappa shape index (κ2) is 4.34. The summed E-state index contributed by atoms with van der Waals surface area (Å²) in [6, 6.07) is 6.70. The van der Waals surface area contributed by atoms with Gasteiger partial charge in [-0.1, -0.05) is 6.07 Å². The van der Waals surface area contributed by atoms with Crippen LogP contribution in [0, 0.1) is 0 Å². The number of benzene rings is 1. The fourth-order valence-corrected chi connectivity index (χ4v) is 0.587. The molecule has 0 bridgehead atoms. The van der Waals surface area contributed by atoms with Crippen molar-refractivity contribution in [3.05, 3.63) is 29.8 Å². The second-order valence-electron chi connectivity index (χ2n) is 1.69. The van der Waals surface area contributed by atoms with Gasteiger partial charge in [-0.25, -0.2) is 0 Å². The molecule has 0 aliphatic heterocycles. The van der Waals surface area contributed by atoms with E-state index in [2.05, 4.69) is 5.11 Å². The third-order valence-electron chi connectivity index (χ3n) is 0.986. The number of nitrogens with two attached hydrogens (primary N) is 1. The Kier molecular flexibility index (Phi) is 4.12. The van der Waals surface area contributed by atoms with Gasteiger partial charge in [0, 0.05) is 37.6 Å². The zero-order valence-electron chi connectivity index (χ0n) is 5.28. The van der Waals surface area contributed by atoms with Crippen molar-refractivity contribution in [2.45, 2.75) is 0 Å². The monoisotopic (exact) mass is 210 g/mol. The average Bonchev–Trinajstić information content (AvgIpc) is 1.88. The Morgan fingerprint density at radius 2 is 2.10 bits per heavy atom. The van der Waals surface area contributed by atoms with Gasteiger partial charge >= 0.3 is 0 Å². The molecule has 0 aliphatic carbocycles. The Hall–Kier alpha value is -0.497. The molecule has 1 rings (SSSR count). The van der Waals surface area contributed by atoms with Crippen LogP contribution in [0.25, 0.3) is 5.53 Å². The van der Waals surface area contributed by atoms with E-state index in [1.807, 2.05) is 0 Å². The van der Waals surface area contributed by atoms with Crippen LogP contribution in [-0.2, 0) is 26.2 Å². The zero-order valence-corrected chi connectivity index (χ0v) is 7.74. The van der Waals surface area contributed by atoms with E-state index in [4.69, 9.17) is 11.3 Å². The van der Waals surface area contributed by atoms with E-state index in [-0.39, 0.29) is 26.2 Å². The summed E-state index contributed by atoms with van der Waals surface area (Å²) in [5, 5.41) is 2.95. The number of hydrogen-bond donors (Lipinski definition) is 1. The molecule has 0 aliphatic rings. The number of nitrogen functional groups attached to an aromatic ring is 1. The van der Waals surface area contributed by atoms with Gasteiger partial charge in [0.25, 0.3) is 0 Å². The van der Waals surface area contributed by atoms with E-state index < -0.39 is 0 Å². The fraction of sp³-hybridized carbons (Fsp3) is 0. The van der Waals surface area contributed by atoms with Gasteiger partial charge < -0.3 is 16.4 Å². The summed E-state index contributed by atoms with van der Waals surface area (Å²) in [7, 11) is 0. The summed E-state index contributed by atoms with van der Waals surface area (Å²) in [6.07, 6.45) is 0. The Morgan fingerprint density at radius 3 is 2.50 bits per heavy atom. The molecule has 0 aromatic heterocycles. The minimum absolute atomic E-state index is 0. The van der Waals surface area contributed by atoms with Gasteiger partial charge in [-0.15, -0.1) is 0 Å². The molecule has 50 valence electrons. The first-order valence-corrected chi connectivity index (χ1v) is 2.53. The summed E-state index contributed by atoms with van der Waals surface area (Å²) in [4.78, 5) is 0. The van der Waals surface area contributed by atoms with Gasteiger partial charge in [0.1, 0.15) is 0 Å². The largest absolute Gasteiger partial charge is 0.706 e. The van der Waals surface area contributed by atoms with Crippen LogP contribution in [0.15, 0.2) is 29.4 Å². The molecule has 0 atom stereocenters. The van der Waals surface area contributed by atoms with E-state index in [1.165, 1.54) is 0 Å². The minimum Gasteiger partial charge on any atom is -0.706 e. The van der Waals surface area contributed by atoms with Crippen LogP contribution >= 0.6 is 0 Å². The molecule has 0 saturated carbocycles. The standard InChI is InChI=1S/C6H6N3.Zr/c7-5-2-1-3-6(4-5)9-8;/h1-4H,7H2;/q-1;. The smallest absolute Gasteiger partial charge is 0.0416 e. The summed E-state index contributed by atoms with van der Waals surface area (Å²) >= 11 is 0. The molecule has 0 spiro atoms. The maximum Gasteiger partial charge on any atom is 0.0416 e. The van der Waals surface area contributed by atoms with E-state index >= 15 is 0 Å². The van der Waals surface area contributed by atoms with Crippen LogP contribution in [0.4, 0.5) is 11.4 Å². The van der Waals surface area contributed by atoms with Crippen molar-refractivity contribution >= 4 is 11.4 Å². The molecule has 0 heterocycles. The summed E-state index contributed by atoms with van der Waals surface area (Å²) < 4.78 is 0. The van der Waals surface area contributed by atoms with Crippen LogP contribution < -0.4 is 5.73 Å². The SMILES string of the molecule is [N-]=Nc1cccc(N)c1.[Zr]. The van der Waals surface area contributed by atoms with Crippen LogP contribution in [-0.4, -0.2) is 0 Å². The normalized spacial score (nSPS) is 8.00. The van der Waals surface area contributed by atoms with Crippen molar-refractivity contribution < 1.29 is 26.2 Å². The molecule has 2 N–H and O–H groups in total.